The third-order valence-corrected chi connectivity index (χ3v) is 12.2. The molecule has 0 saturated heterocycles. The maximum atomic E-state index is 9.96. The molecule has 1 heteroatoms. The number of aliphatic hydroxyl groups is 1. The summed E-state index contributed by atoms with van der Waals surface area (Å²) in [5.41, 5.74) is 1.14. The predicted octanol–water partition coefficient (Wildman–Crippen LogP) is 8.35. The second-order valence-electron chi connectivity index (χ2n) is 13.6. The van der Waals surface area contributed by atoms with E-state index in [0.29, 0.717) is 23.4 Å². The van der Waals surface area contributed by atoms with E-state index in [0.717, 1.165) is 47.3 Å². The van der Waals surface area contributed by atoms with E-state index in [1.807, 2.05) is 0 Å². The highest BCUT2D eigenvalue weighted by Gasteiger charge is 2.61. The zero-order valence-electron chi connectivity index (χ0n) is 21.8. The average Bonchev–Trinajstić information content (AvgIpc) is 3.27. The second kappa shape index (κ2) is 9.31. The van der Waals surface area contributed by atoms with Gasteiger partial charge in [0.1, 0.15) is 0 Å². The van der Waals surface area contributed by atoms with E-state index in [2.05, 4.69) is 41.5 Å². The number of fused-ring (bicyclic) bond motifs is 5. The summed E-state index contributed by atoms with van der Waals surface area (Å²) in [7, 11) is 0. The van der Waals surface area contributed by atoms with Crippen LogP contribution in [0.25, 0.3) is 0 Å². The minimum absolute atomic E-state index is 0.438. The Bertz CT molecular complexity index is 597. The fourth-order valence-corrected chi connectivity index (χ4v) is 10.4. The van der Waals surface area contributed by atoms with Crippen molar-refractivity contribution in [2.24, 2.45) is 64.1 Å². The summed E-state index contributed by atoms with van der Waals surface area (Å²) in [5.74, 6) is 7.99. The Kier molecular flexibility index (Phi) is 7.23. The lowest BCUT2D eigenvalue weighted by atomic mass is 9.46. The molecule has 0 amide bonds. The molecule has 10 atom stereocenters. The van der Waals surface area contributed by atoms with E-state index in [1.54, 1.807) is 0 Å². The van der Waals surface area contributed by atoms with Gasteiger partial charge < -0.3 is 5.11 Å². The van der Waals surface area contributed by atoms with Gasteiger partial charge in [-0.2, -0.15) is 0 Å². The maximum Gasteiger partial charge on any atom is 0.0462 e. The number of aliphatic hydroxyl groups excluding tert-OH is 1. The lowest BCUT2D eigenvalue weighted by molar-refractivity contribution is -0.0977. The Morgan fingerprint density at radius 1 is 0.774 bits per heavy atom. The van der Waals surface area contributed by atoms with Crippen molar-refractivity contribution in [1.82, 2.24) is 0 Å². The van der Waals surface area contributed by atoms with E-state index in [-0.39, 0.29) is 0 Å². The SMILES string of the molecule is CCCC(CC[C@@H](C)[C@H]1CC[C@H]2[C@@H]3CC[C@H]4[C@@H](CO)CC[C@]4(C)[C@H]3CC[C@]12C)C(C)C. The van der Waals surface area contributed by atoms with Crippen LogP contribution in [-0.4, -0.2) is 11.7 Å². The van der Waals surface area contributed by atoms with Crippen LogP contribution in [0.3, 0.4) is 0 Å². The predicted molar refractivity (Wildman–Crippen MR) is 133 cm³/mol. The molecule has 4 aliphatic rings. The van der Waals surface area contributed by atoms with Gasteiger partial charge in [-0.1, -0.05) is 60.8 Å². The summed E-state index contributed by atoms with van der Waals surface area (Å²) >= 11 is 0. The smallest absolute Gasteiger partial charge is 0.0462 e. The van der Waals surface area contributed by atoms with Crippen LogP contribution in [0.1, 0.15) is 119 Å². The van der Waals surface area contributed by atoms with Crippen molar-refractivity contribution in [2.75, 3.05) is 6.61 Å². The van der Waals surface area contributed by atoms with Crippen molar-refractivity contribution in [2.45, 2.75) is 119 Å². The first kappa shape index (κ1) is 24.1. The van der Waals surface area contributed by atoms with Crippen LogP contribution in [0.4, 0.5) is 0 Å². The molecule has 0 heterocycles. The van der Waals surface area contributed by atoms with E-state index < -0.39 is 0 Å². The van der Waals surface area contributed by atoms with Crippen LogP contribution in [0, 0.1) is 64.1 Å². The molecule has 0 aromatic carbocycles. The largest absolute Gasteiger partial charge is 0.396 e. The van der Waals surface area contributed by atoms with Crippen molar-refractivity contribution >= 4 is 0 Å². The maximum absolute atomic E-state index is 9.96. The molecule has 4 saturated carbocycles. The Balaban J connectivity index is 1.43. The molecular formula is C30H54O. The Hall–Kier alpha value is -0.0400. The monoisotopic (exact) mass is 430 g/mol. The normalized spacial score (nSPS) is 46.5. The molecule has 180 valence electrons. The lowest BCUT2D eigenvalue weighted by Crippen LogP contribution is -2.51. The highest BCUT2D eigenvalue weighted by atomic mass is 16.3. The van der Waals surface area contributed by atoms with Crippen LogP contribution in [0.15, 0.2) is 0 Å². The van der Waals surface area contributed by atoms with Crippen LogP contribution in [-0.2, 0) is 0 Å². The van der Waals surface area contributed by atoms with Gasteiger partial charge >= 0.3 is 0 Å². The molecule has 1 unspecified atom stereocenters. The summed E-state index contributed by atoms with van der Waals surface area (Å²) in [4.78, 5) is 0. The van der Waals surface area contributed by atoms with Gasteiger partial charge in [-0.25, -0.2) is 0 Å². The summed E-state index contributed by atoms with van der Waals surface area (Å²) in [5, 5.41) is 9.96. The molecule has 0 spiro atoms. The molecule has 0 bridgehead atoms. The average molecular weight is 431 g/mol. The molecular weight excluding hydrogens is 376 g/mol. The molecule has 0 aromatic heterocycles. The molecule has 0 aliphatic heterocycles. The van der Waals surface area contributed by atoms with Crippen LogP contribution in [0.5, 0.6) is 0 Å². The summed E-state index contributed by atoms with van der Waals surface area (Å²) in [6, 6.07) is 0. The fraction of sp³-hybridized carbons (Fsp3) is 1.00. The second-order valence-corrected chi connectivity index (χ2v) is 13.6. The highest BCUT2D eigenvalue weighted by molar-refractivity contribution is 5.10. The first-order valence-electron chi connectivity index (χ1n) is 14.4. The van der Waals surface area contributed by atoms with Gasteiger partial charge in [-0.15, -0.1) is 0 Å². The number of hydrogen-bond donors (Lipinski definition) is 1. The van der Waals surface area contributed by atoms with Gasteiger partial charge in [-0.3, -0.25) is 0 Å². The van der Waals surface area contributed by atoms with Gasteiger partial charge in [0.15, 0.2) is 0 Å². The van der Waals surface area contributed by atoms with Crippen molar-refractivity contribution in [3.05, 3.63) is 0 Å². The standard InChI is InChI=1S/C30H54O/c1-7-8-22(20(2)3)10-9-21(4)25-13-14-27-24-11-12-26-23(19-31)15-17-30(26,6)28(24)16-18-29(25,27)5/h20-28,31H,7-19H2,1-6H3/t21-,22?,23-,24+,25-,26+,27+,28+,29-,30+/m1/s1. The summed E-state index contributed by atoms with van der Waals surface area (Å²) < 4.78 is 0. The third kappa shape index (κ3) is 4.06. The molecule has 1 N–H and O–H groups in total. The number of rotatable bonds is 8. The van der Waals surface area contributed by atoms with Gasteiger partial charge in [-0.05, 0) is 122 Å². The Labute approximate surface area is 194 Å². The highest BCUT2D eigenvalue weighted by Crippen LogP contribution is 2.69. The zero-order valence-corrected chi connectivity index (χ0v) is 21.8. The molecule has 31 heavy (non-hydrogen) atoms. The van der Waals surface area contributed by atoms with Crippen molar-refractivity contribution in [1.29, 1.82) is 0 Å². The quantitative estimate of drug-likeness (QED) is 0.410. The third-order valence-electron chi connectivity index (χ3n) is 12.2. The molecule has 0 radical (unpaired) electrons. The molecule has 4 aliphatic carbocycles. The van der Waals surface area contributed by atoms with Crippen molar-refractivity contribution in [3.63, 3.8) is 0 Å². The van der Waals surface area contributed by atoms with Crippen LogP contribution in [0.2, 0.25) is 0 Å². The molecule has 4 rings (SSSR count). The Morgan fingerprint density at radius 2 is 1.45 bits per heavy atom. The van der Waals surface area contributed by atoms with Gasteiger partial charge in [0.2, 0.25) is 0 Å². The molecule has 0 aromatic rings. The van der Waals surface area contributed by atoms with Crippen LogP contribution >= 0.6 is 0 Å². The van der Waals surface area contributed by atoms with E-state index in [4.69, 9.17) is 0 Å². The van der Waals surface area contributed by atoms with Crippen molar-refractivity contribution in [3.8, 4) is 0 Å². The minimum Gasteiger partial charge on any atom is -0.396 e. The lowest BCUT2D eigenvalue weighted by Gasteiger charge is -2.58. The Morgan fingerprint density at radius 3 is 2.13 bits per heavy atom. The van der Waals surface area contributed by atoms with Crippen molar-refractivity contribution < 1.29 is 5.11 Å². The van der Waals surface area contributed by atoms with E-state index >= 15 is 0 Å². The summed E-state index contributed by atoms with van der Waals surface area (Å²) in [6.07, 6.45) is 17.2. The first-order chi connectivity index (χ1) is 14.8. The van der Waals surface area contributed by atoms with E-state index in [1.165, 1.54) is 77.0 Å². The number of hydrogen-bond acceptors (Lipinski definition) is 1. The van der Waals surface area contributed by atoms with Gasteiger partial charge in [0.05, 0.1) is 0 Å². The fourth-order valence-electron chi connectivity index (χ4n) is 10.4. The zero-order chi connectivity index (χ0) is 22.4. The summed E-state index contributed by atoms with van der Waals surface area (Å²) in [6.45, 7) is 15.7. The topological polar surface area (TPSA) is 20.2 Å². The van der Waals surface area contributed by atoms with Gasteiger partial charge in [0, 0.05) is 6.61 Å². The minimum atomic E-state index is 0.438. The molecule has 4 fully saturated rings. The van der Waals surface area contributed by atoms with E-state index in [9.17, 15) is 5.11 Å². The molecule has 1 nitrogen and oxygen atoms in total. The van der Waals surface area contributed by atoms with Crippen LogP contribution < -0.4 is 0 Å². The first-order valence-corrected chi connectivity index (χ1v) is 14.4. The van der Waals surface area contributed by atoms with Gasteiger partial charge in [0.25, 0.3) is 0 Å².